The highest BCUT2D eigenvalue weighted by Crippen LogP contribution is 2.32. The minimum absolute atomic E-state index is 0.0296. The molecule has 0 atom stereocenters. The summed E-state index contributed by atoms with van der Waals surface area (Å²) in [6.45, 7) is 1.56. The Balaban J connectivity index is 1.77. The molecule has 1 amide bonds. The van der Waals surface area contributed by atoms with Crippen molar-refractivity contribution in [3.8, 4) is 0 Å². The molecule has 0 aliphatic heterocycles. The van der Waals surface area contributed by atoms with E-state index in [0.717, 1.165) is 22.3 Å². The van der Waals surface area contributed by atoms with E-state index in [0.29, 0.717) is 0 Å². The maximum absolute atomic E-state index is 12.0. The fraction of sp³-hybridized carbons (Fsp3) is 0.125. The maximum Gasteiger partial charge on any atom is 0.230 e. The van der Waals surface area contributed by atoms with E-state index in [-0.39, 0.29) is 5.91 Å². The number of nitrogens with zero attached hydrogens (tertiary/aromatic N) is 2. The molecule has 0 unspecified atom stereocenters. The van der Waals surface area contributed by atoms with Gasteiger partial charge in [-0.2, -0.15) is 0 Å². The van der Waals surface area contributed by atoms with Gasteiger partial charge in [0.2, 0.25) is 5.91 Å². The standard InChI is InChI=1S/C16H14N2OS3/c1-12(19)18(14-6-3-2-4-7-14)16-17-13(11-22-16)10-21-15-8-5-9-20-15/h2-9,11H,10H2,1H3. The lowest BCUT2D eigenvalue weighted by Crippen LogP contribution is -2.22. The highest BCUT2D eigenvalue weighted by molar-refractivity contribution is 8.00. The number of hydrogen-bond donors (Lipinski definition) is 0. The largest absolute Gasteiger partial charge is 0.274 e. The average molecular weight is 347 g/mol. The number of amides is 1. The van der Waals surface area contributed by atoms with Crippen LogP contribution in [0.5, 0.6) is 0 Å². The Hall–Kier alpha value is -1.63. The Kier molecular flexibility index (Phi) is 4.92. The number of rotatable bonds is 5. The van der Waals surface area contributed by atoms with Crippen molar-refractivity contribution in [2.24, 2.45) is 0 Å². The first kappa shape index (κ1) is 15.3. The maximum atomic E-state index is 12.0. The van der Waals surface area contributed by atoms with Gasteiger partial charge in [0.1, 0.15) is 0 Å². The van der Waals surface area contributed by atoms with E-state index in [4.69, 9.17) is 0 Å². The normalized spacial score (nSPS) is 10.6. The summed E-state index contributed by atoms with van der Waals surface area (Å²) >= 11 is 5.00. The molecule has 0 saturated heterocycles. The number of carbonyl (C=O) groups is 1. The van der Waals surface area contributed by atoms with E-state index in [1.54, 1.807) is 34.9 Å². The quantitative estimate of drug-likeness (QED) is 0.597. The van der Waals surface area contributed by atoms with Crippen molar-refractivity contribution >= 4 is 51.2 Å². The molecule has 0 spiro atoms. The number of benzene rings is 1. The second-order valence-electron chi connectivity index (χ2n) is 4.53. The number of thiazole rings is 1. The molecule has 0 aliphatic rings. The second kappa shape index (κ2) is 7.09. The van der Waals surface area contributed by atoms with Gasteiger partial charge in [-0.1, -0.05) is 24.3 Å². The SMILES string of the molecule is CC(=O)N(c1ccccc1)c1nc(CSc2cccs2)cs1. The van der Waals surface area contributed by atoms with Crippen molar-refractivity contribution in [1.82, 2.24) is 4.98 Å². The fourth-order valence-electron chi connectivity index (χ4n) is 1.96. The molecule has 1 aromatic carbocycles. The zero-order valence-electron chi connectivity index (χ0n) is 11.9. The van der Waals surface area contributed by atoms with Gasteiger partial charge in [-0.25, -0.2) is 4.98 Å². The second-order valence-corrected chi connectivity index (χ2v) is 7.59. The van der Waals surface area contributed by atoms with Gasteiger partial charge >= 0.3 is 0 Å². The van der Waals surface area contributed by atoms with Crippen LogP contribution >= 0.6 is 34.4 Å². The molecular formula is C16H14N2OS3. The summed E-state index contributed by atoms with van der Waals surface area (Å²) < 4.78 is 1.28. The Labute approximate surface area is 141 Å². The van der Waals surface area contributed by atoms with Crippen LogP contribution in [0.2, 0.25) is 0 Å². The van der Waals surface area contributed by atoms with Crippen molar-refractivity contribution in [2.75, 3.05) is 4.90 Å². The molecule has 3 nitrogen and oxygen atoms in total. The number of aromatic nitrogens is 1. The molecule has 3 aromatic rings. The van der Waals surface area contributed by atoms with Gasteiger partial charge in [0.15, 0.2) is 5.13 Å². The topological polar surface area (TPSA) is 33.2 Å². The number of carbonyl (C=O) groups excluding carboxylic acids is 1. The lowest BCUT2D eigenvalue weighted by molar-refractivity contribution is -0.115. The van der Waals surface area contributed by atoms with E-state index in [1.807, 2.05) is 41.8 Å². The predicted molar refractivity (Wildman–Crippen MR) is 95.3 cm³/mol. The molecule has 112 valence electrons. The van der Waals surface area contributed by atoms with E-state index in [2.05, 4.69) is 16.4 Å². The van der Waals surface area contributed by atoms with Crippen LogP contribution in [0.4, 0.5) is 10.8 Å². The molecule has 2 heterocycles. The molecule has 0 N–H and O–H groups in total. The zero-order chi connectivity index (χ0) is 15.4. The summed E-state index contributed by atoms with van der Waals surface area (Å²) in [7, 11) is 0. The van der Waals surface area contributed by atoms with Crippen LogP contribution < -0.4 is 4.90 Å². The summed E-state index contributed by atoms with van der Waals surface area (Å²) in [5, 5.41) is 4.82. The number of anilines is 2. The van der Waals surface area contributed by atoms with Crippen molar-refractivity contribution in [2.45, 2.75) is 16.9 Å². The summed E-state index contributed by atoms with van der Waals surface area (Å²) in [5.41, 5.74) is 1.85. The van der Waals surface area contributed by atoms with Crippen molar-refractivity contribution in [3.05, 3.63) is 58.9 Å². The van der Waals surface area contributed by atoms with E-state index >= 15 is 0 Å². The first-order valence-corrected chi connectivity index (χ1v) is 9.45. The molecule has 0 saturated carbocycles. The van der Waals surface area contributed by atoms with Crippen LogP contribution in [-0.2, 0) is 10.5 Å². The third-order valence-corrected chi connectivity index (χ3v) is 5.96. The molecule has 2 aromatic heterocycles. The van der Waals surface area contributed by atoms with Gasteiger partial charge in [-0.3, -0.25) is 9.69 Å². The highest BCUT2D eigenvalue weighted by atomic mass is 32.2. The molecule has 0 fully saturated rings. The Bertz CT molecular complexity index is 738. The molecule has 0 radical (unpaired) electrons. The minimum Gasteiger partial charge on any atom is -0.274 e. The first-order chi connectivity index (χ1) is 10.7. The number of para-hydroxylation sites is 1. The Morgan fingerprint density at radius 3 is 2.68 bits per heavy atom. The molecule has 6 heteroatoms. The average Bonchev–Trinajstić information content (AvgIpc) is 3.17. The monoisotopic (exact) mass is 346 g/mol. The summed E-state index contributed by atoms with van der Waals surface area (Å²) in [6.07, 6.45) is 0. The number of thioether (sulfide) groups is 1. The Morgan fingerprint density at radius 1 is 1.18 bits per heavy atom. The van der Waals surface area contributed by atoms with Gasteiger partial charge in [-0.15, -0.1) is 34.4 Å². The summed E-state index contributed by atoms with van der Waals surface area (Å²) in [6, 6.07) is 13.8. The minimum atomic E-state index is -0.0296. The smallest absolute Gasteiger partial charge is 0.230 e. The van der Waals surface area contributed by atoms with Crippen LogP contribution in [0, 0.1) is 0 Å². The van der Waals surface area contributed by atoms with Gasteiger partial charge in [0.05, 0.1) is 15.6 Å². The number of thiophene rings is 1. The van der Waals surface area contributed by atoms with Crippen molar-refractivity contribution in [3.63, 3.8) is 0 Å². The van der Waals surface area contributed by atoms with Gasteiger partial charge < -0.3 is 0 Å². The van der Waals surface area contributed by atoms with Gasteiger partial charge in [-0.05, 0) is 23.6 Å². The molecule has 0 bridgehead atoms. The van der Waals surface area contributed by atoms with Crippen molar-refractivity contribution in [1.29, 1.82) is 0 Å². The third kappa shape index (κ3) is 3.58. The summed E-state index contributed by atoms with van der Waals surface area (Å²) in [4.78, 5) is 18.3. The molecular weight excluding hydrogens is 332 g/mol. The lowest BCUT2D eigenvalue weighted by Gasteiger charge is -2.17. The van der Waals surface area contributed by atoms with Crippen LogP contribution in [0.25, 0.3) is 0 Å². The first-order valence-electron chi connectivity index (χ1n) is 6.70. The van der Waals surface area contributed by atoms with Crippen LogP contribution in [0.15, 0.2) is 57.4 Å². The van der Waals surface area contributed by atoms with E-state index in [1.165, 1.54) is 15.5 Å². The Morgan fingerprint density at radius 2 is 2.00 bits per heavy atom. The van der Waals surface area contributed by atoms with Gasteiger partial charge in [0.25, 0.3) is 0 Å². The summed E-state index contributed by atoms with van der Waals surface area (Å²) in [5.74, 6) is 0.787. The number of hydrogen-bond acceptors (Lipinski definition) is 5. The van der Waals surface area contributed by atoms with Crippen molar-refractivity contribution < 1.29 is 4.79 Å². The fourth-order valence-corrected chi connectivity index (χ4v) is 4.63. The van der Waals surface area contributed by atoms with Gasteiger partial charge in [0, 0.05) is 18.1 Å². The predicted octanol–water partition coefficient (Wildman–Crippen LogP) is 5.18. The molecule has 0 aliphatic carbocycles. The van der Waals surface area contributed by atoms with E-state index < -0.39 is 0 Å². The van der Waals surface area contributed by atoms with Crippen LogP contribution in [0.1, 0.15) is 12.6 Å². The molecule has 22 heavy (non-hydrogen) atoms. The van der Waals surface area contributed by atoms with Crippen LogP contribution in [-0.4, -0.2) is 10.9 Å². The van der Waals surface area contributed by atoms with Crippen LogP contribution in [0.3, 0.4) is 0 Å². The van der Waals surface area contributed by atoms with E-state index in [9.17, 15) is 4.79 Å². The third-order valence-electron chi connectivity index (χ3n) is 2.92. The lowest BCUT2D eigenvalue weighted by atomic mass is 10.3. The highest BCUT2D eigenvalue weighted by Gasteiger charge is 2.17. The molecule has 3 rings (SSSR count). The zero-order valence-corrected chi connectivity index (χ0v) is 14.4.